The molecule has 2 N–H and O–H groups in total. The van der Waals surface area contributed by atoms with Gasteiger partial charge in [-0.15, -0.1) is 0 Å². The van der Waals surface area contributed by atoms with Gasteiger partial charge in [0, 0.05) is 11.4 Å². The number of ether oxygens (including phenoxy) is 1. The summed E-state index contributed by atoms with van der Waals surface area (Å²) in [5, 5.41) is 2.75. The summed E-state index contributed by atoms with van der Waals surface area (Å²) in [5.74, 6) is -0.303. The van der Waals surface area contributed by atoms with Crippen LogP contribution in [-0.2, 0) is 14.8 Å². The van der Waals surface area contributed by atoms with E-state index in [9.17, 15) is 17.6 Å². The minimum absolute atomic E-state index is 0.0288. The molecule has 0 aromatic heterocycles. The number of carbonyl (C=O) groups excluding carboxylic acids is 1. The molecule has 0 aliphatic rings. The van der Waals surface area contributed by atoms with E-state index in [1.807, 2.05) is 24.3 Å². The molecule has 0 saturated heterocycles. The second-order valence-corrected chi connectivity index (χ2v) is 9.41. The number of halogens is 2. The lowest BCUT2D eigenvalue weighted by Gasteiger charge is -2.12. The van der Waals surface area contributed by atoms with E-state index >= 15 is 0 Å². The topological polar surface area (TPSA) is 84.5 Å². The highest BCUT2D eigenvalue weighted by atomic mass is 35.5. The van der Waals surface area contributed by atoms with Crippen molar-refractivity contribution in [3.05, 3.63) is 83.1 Å². The SMILES string of the molecule is CC(C)c1ccc(NC(=O)COc2ccc(S(=O)(=O)Nc3ccc(F)cc3)cc2Cl)cc1. The molecule has 3 aromatic rings. The van der Waals surface area contributed by atoms with Gasteiger partial charge >= 0.3 is 0 Å². The molecular formula is C23H22ClFN2O4S. The third-order valence-corrected chi connectivity index (χ3v) is 6.20. The largest absolute Gasteiger partial charge is 0.482 e. The van der Waals surface area contributed by atoms with Crippen molar-refractivity contribution in [1.29, 1.82) is 0 Å². The van der Waals surface area contributed by atoms with Gasteiger partial charge in [-0.3, -0.25) is 9.52 Å². The van der Waals surface area contributed by atoms with Crippen molar-refractivity contribution in [3.8, 4) is 5.75 Å². The summed E-state index contributed by atoms with van der Waals surface area (Å²) in [6.45, 7) is 3.87. The Morgan fingerprint density at radius 3 is 2.22 bits per heavy atom. The number of nitrogens with one attached hydrogen (secondary N) is 2. The quantitative estimate of drug-likeness (QED) is 0.454. The van der Waals surface area contributed by atoms with Gasteiger partial charge in [0.05, 0.1) is 9.92 Å². The standard InChI is InChI=1S/C23H22ClFN2O4S/c1-15(2)16-3-7-18(8-4-16)26-23(28)14-31-22-12-11-20(13-21(22)24)32(29,30)27-19-9-5-17(25)6-10-19/h3-13,15,27H,14H2,1-2H3,(H,26,28). The van der Waals surface area contributed by atoms with Crippen molar-refractivity contribution in [2.75, 3.05) is 16.6 Å². The zero-order valence-electron chi connectivity index (χ0n) is 17.4. The highest BCUT2D eigenvalue weighted by Gasteiger charge is 2.17. The Kier molecular flexibility index (Phi) is 7.37. The first-order valence-electron chi connectivity index (χ1n) is 9.74. The molecule has 3 aromatic carbocycles. The molecule has 0 bridgehead atoms. The lowest BCUT2D eigenvalue weighted by molar-refractivity contribution is -0.118. The average Bonchev–Trinajstić information content (AvgIpc) is 2.74. The monoisotopic (exact) mass is 476 g/mol. The Labute approximate surface area is 191 Å². The molecule has 32 heavy (non-hydrogen) atoms. The van der Waals surface area contributed by atoms with Gasteiger partial charge in [-0.25, -0.2) is 12.8 Å². The van der Waals surface area contributed by atoms with Crippen LogP contribution in [0.2, 0.25) is 5.02 Å². The highest BCUT2D eigenvalue weighted by molar-refractivity contribution is 7.92. The van der Waals surface area contributed by atoms with Crippen LogP contribution in [0.5, 0.6) is 5.75 Å². The van der Waals surface area contributed by atoms with Crippen LogP contribution in [0.3, 0.4) is 0 Å². The summed E-state index contributed by atoms with van der Waals surface area (Å²) in [7, 11) is -3.94. The van der Waals surface area contributed by atoms with Crippen LogP contribution in [0, 0.1) is 5.82 Å². The van der Waals surface area contributed by atoms with Crippen molar-refractivity contribution < 1.29 is 22.3 Å². The van der Waals surface area contributed by atoms with Crippen LogP contribution in [0.4, 0.5) is 15.8 Å². The van der Waals surface area contributed by atoms with E-state index in [0.29, 0.717) is 11.6 Å². The molecule has 0 fully saturated rings. The van der Waals surface area contributed by atoms with Gasteiger partial charge in [-0.05, 0) is 66.1 Å². The molecule has 6 nitrogen and oxygen atoms in total. The summed E-state index contributed by atoms with van der Waals surface area (Å²) >= 11 is 6.15. The molecule has 0 saturated carbocycles. The van der Waals surface area contributed by atoms with Crippen LogP contribution >= 0.6 is 11.6 Å². The molecule has 0 atom stereocenters. The van der Waals surface area contributed by atoms with Crippen molar-refractivity contribution in [3.63, 3.8) is 0 Å². The Morgan fingerprint density at radius 2 is 1.62 bits per heavy atom. The Hall–Kier alpha value is -3.10. The summed E-state index contributed by atoms with van der Waals surface area (Å²) in [6, 6.07) is 16.3. The zero-order valence-corrected chi connectivity index (χ0v) is 19.0. The van der Waals surface area contributed by atoms with Gasteiger partial charge in [0.1, 0.15) is 11.6 Å². The summed E-state index contributed by atoms with van der Waals surface area (Å²) in [6.07, 6.45) is 0. The number of hydrogen-bond acceptors (Lipinski definition) is 4. The van der Waals surface area contributed by atoms with Crippen LogP contribution in [-0.4, -0.2) is 20.9 Å². The molecule has 3 rings (SSSR count). The fraction of sp³-hybridized carbons (Fsp3) is 0.174. The maximum absolute atomic E-state index is 13.0. The number of sulfonamides is 1. The van der Waals surface area contributed by atoms with Gasteiger partial charge < -0.3 is 10.1 Å². The van der Waals surface area contributed by atoms with Gasteiger partial charge in [0.2, 0.25) is 0 Å². The average molecular weight is 477 g/mol. The van der Waals surface area contributed by atoms with Gasteiger partial charge in [-0.1, -0.05) is 37.6 Å². The van der Waals surface area contributed by atoms with Crippen molar-refractivity contribution in [2.45, 2.75) is 24.7 Å². The number of anilines is 2. The first-order chi connectivity index (χ1) is 15.1. The fourth-order valence-corrected chi connectivity index (χ4v) is 4.17. The molecule has 9 heteroatoms. The number of amides is 1. The molecule has 168 valence electrons. The van der Waals surface area contributed by atoms with E-state index in [0.717, 1.165) is 17.7 Å². The van der Waals surface area contributed by atoms with E-state index in [-0.39, 0.29) is 33.9 Å². The van der Waals surface area contributed by atoms with E-state index in [4.69, 9.17) is 16.3 Å². The molecule has 0 radical (unpaired) electrons. The maximum atomic E-state index is 13.0. The Morgan fingerprint density at radius 1 is 1.00 bits per heavy atom. The maximum Gasteiger partial charge on any atom is 0.262 e. The van der Waals surface area contributed by atoms with E-state index in [2.05, 4.69) is 23.9 Å². The number of benzene rings is 3. The lowest BCUT2D eigenvalue weighted by atomic mass is 10.0. The zero-order chi connectivity index (χ0) is 23.3. The predicted molar refractivity (Wildman–Crippen MR) is 123 cm³/mol. The Bertz CT molecular complexity index is 1200. The molecule has 0 aliphatic heterocycles. The van der Waals surface area contributed by atoms with E-state index < -0.39 is 15.8 Å². The normalized spacial score (nSPS) is 11.3. The smallest absolute Gasteiger partial charge is 0.262 e. The second kappa shape index (κ2) is 10.0. The highest BCUT2D eigenvalue weighted by Crippen LogP contribution is 2.28. The van der Waals surface area contributed by atoms with Gasteiger partial charge in [0.25, 0.3) is 15.9 Å². The number of carbonyl (C=O) groups is 1. The first kappa shape index (κ1) is 23.6. The van der Waals surface area contributed by atoms with Crippen LogP contribution < -0.4 is 14.8 Å². The van der Waals surface area contributed by atoms with Crippen LogP contribution in [0.15, 0.2) is 71.6 Å². The van der Waals surface area contributed by atoms with E-state index in [1.54, 1.807) is 0 Å². The molecular weight excluding hydrogens is 455 g/mol. The van der Waals surface area contributed by atoms with Crippen molar-refractivity contribution in [2.24, 2.45) is 0 Å². The Balaban J connectivity index is 1.61. The van der Waals surface area contributed by atoms with Gasteiger partial charge in [0.15, 0.2) is 6.61 Å². The predicted octanol–water partition coefficient (Wildman–Crippen LogP) is 5.42. The molecule has 0 spiro atoms. The molecule has 0 heterocycles. The summed E-state index contributed by atoms with van der Waals surface area (Å²) in [5.41, 5.74) is 2.01. The summed E-state index contributed by atoms with van der Waals surface area (Å²) < 4.78 is 45.8. The first-order valence-corrected chi connectivity index (χ1v) is 11.6. The number of rotatable bonds is 8. The lowest BCUT2D eigenvalue weighted by Crippen LogP contribution is -2.20. The van der Waals surface area contributed by atoms with Crippen molar-refractivity contribution in [1.82, 2.24) is 0 Å². The van der Waals surface area contributed by atoms with E-state index in [1.165, 1.54) is 30.3 Å². The third kappa shape index (κ3) is 6.21. The summed E-state index contributed by atoms with van der Waals surface area (Å²) in [4.78, 5) is 12.1. The fourth-order valence-electron chi connectivity index (χ4n) is 2.79. The number of hydrogen-bond donors (Lipinski definition) is 2. The minimum Gasteiger partial charge on any atom is -0.482 e. The van der Waals surface area contributed by atoms with Crippen LogP contribution in [0.25, 0.3) is 0 Å². The molecule has 0 aliphatic carbocycles. The van der Waals surface area contributed by atoms with Gasteiger partial charge in [-0.2, -0.15) is 0 Å². The minimum atomic E-state index is -3.94. The third-order valence-electron chi connectivity index (χ3n) is 4.53. The molecule has 1 amide bonds. The van der Waals surface area contributed by atoms with Crippen LogP contribution in [0.1, 0.15) is 25.3 Å². The molecule has 0 unspecified atom stereocenters. The second-order valence-electron chi connectivity index (χ2n) is 7.32. The van der Waals surface area contributed by atoms with Crippen molar-refractivity contribution >= 4 is 38.9 Å².